The molecule has 0 spiro atoms. The van der Waals surface area contributed by atoms with Gasteiger partial charge in [-0.05, 0) is 63.6 Å². The van der Waals surface area contributed by atoms with Crippen LogP contribution in [0, 0.1) is 6.92 Å². The Hall–Kier alpha value is -0.820. The topological polar surface area (TPSA) is 3.24 Å². The van der Waals surface area contributed by atoms with Crippen molar-refractivity contribution in [3.05, 3.63) is 34.9 Å². The largest absolute Gasteiger partial charge is 0.297 e. The second kappa shape index (κ2) is 4.45. The highest BCUT2D eigenvalue weighted by atomic mass is 15.2. The van der Waals surface area contributed by atoms with E-state index in [4.69, 9.17) is 0 Å². The number of fused-ring (bicyclic) bond motifs is 1. The maximum absolute atomic E-state index is 2.75. The molecule has 2 atom stereocenters. The van der Waals surface area contributed by atoms with Crippen LogP contribution >= 0.6 is 0 Å². The Kier molecular flexibility index (Phi) is 2.96. The average molecular weight is 229 g/mol. The summed E-state index contributed by atoms with van der Waals surface area (Å²) < 4.78 is 0. The normalized spacial score (nSPS) is 29.3. The smallest absolute Gasteiger partial charge is 0.0142 e. The fraction of sp³-hybridized carbons (Fsp3) is 0.625. The molecule has 1 saturated heterocycles. The van der Waals surface area contributed by atoms with Crippen LogP contribution in [0.5, 0.6) is 0 Å². The molecule has 1 heteroatoms. The molecule has 3 rings (SSSR count). The van der Waals surface area contributed by atoms with Gasteiger partial charge in [-0.1, -0.05) is 23.8 Å². The second-order valence-corrected chi connectivity index (χ2v) is 5.90. The van der Waals surface area contributed by atoms with Crippen LogP contribution in [0.4, 0.5) is 0 Å². The molecule has 0 amide bonds. The molecule has 0 aromatic heterocycles. The summed E-state index contributed by atoms with van der Waals surface area (Å²) in [6, 6.07) is 8.64. The molecule has 1 aromatic carbocycles. The first-order chi connectivity index (χ1) is 8.24. The van der Waals surface area contributed by atoms with E-state index in [1.165, 1.54) is 44.2 Å². The van der Waals surface area contributed by atoms with E-state index in [2.05, 4.69) is 36.9 Å². The number of likely N-dealkylation sites (tertiary alicyclic amines) is 1. The van der Waals surface area contributed by atoms with Crippen LogP contribution in [-0.2, 0) is 12.8 Å². The zero-order valence-electron chi connectivity index (χ0n) is 11.1. The molecule has 0 N–H and O–H groups in total. The number of benzene rings is 1. The molecule has 0 bridgehead atoms. The number of aryl methyl sites for hydroxylation is 2. The van der Waals surface area contributed by atoms with Crippen LogP contribution in [0.15, 0.2) is 18.2 Å². The van der Waals surface area contributed by atoms with Gasteiger partial charge in [0.15, 0.2) is 0 Å². The SMILES string of the molecule is Cc1ccc2c(c1)CCC(N1CCCC1C)C2. The fourth-order valence-electron chi connectivity index (χ4n) is 3.65. The first-order valence-corrected chi connectivity index (χ1v) is 7.08. The molecule has 1 aromatic rings. The molecular weight excluding hydrogens is 206 g/mol. The summed E-state index contributed by atoms with van der Waals surface area (Å²) in [5.74, 6) is 0. The lowest BCUT2D eigenvalue weighted by atomic mass is 9.86. The number of nitrogens with zero attached hydrogens (tertiary/aromatic N) is 1. The molecule has 92 valence electrons. The van der Waals surface area contributed by atoms with E-state index < -0.39 is 0 Å². The molecule has 1 fully saturated rings. The Morgan fingerprint density at radius 3 is 2.82 bits per heavy atom. The molecule has 1 aliphatic carbocycles. The molecule has 1 heterocycles. The number of hydrogen-bond donors (Lipinski definition) is 0. The zero-order chi connectivity index (χ0) is 11.8. The molecular formula is C16H23N. The summed E-state index contributed by atoms with van der Waals surface area (Å²) >= 11 is 0. The molecule has 0 saturated carbocycles. The van der Waals surface area contributed by atoms with Gasteiger partial charge in [0.25, 0.3) is 0 Å². The van der Waals surface area contributed by atoms with E-state index in [-0.39, 0.29) is 0 Å². The summed E-state index contributed by atoms with van der Waals surface area (Å²) in [6.07, 6.45) is 6.72. The van der Waals surface area contributed by atoms with Gasteiger partial charge in [0.05, 0.1) is 0 Å². The molecule has 1 nitrogen and oxygen atoms in total. The Morgan fingerprint density at radius 2 is 2.06 bits per heavy atom. The first kappa shape index (κ1) is 11.3. The fourth-order valence-corrected chi connectivity index (χ4v) is 3.65. The second-order valence-electron chi connectivity index (χ2n) is 5.90. The lowest BCUT2D eigenvalue weighted by molar-refractivity contribution is 0.174. The van der Waals surface area contributed by atoms with Gasteiger partial charge in [-0.25, -0.2) is 0 Å². The Labute approximate surface area is 105 Å². The van der Waals surface area contributed by atoms with Crippen LogP contribution in [0.2, 0.25) is 0 Å². The zero-order valence-corrected chi connectivity index (χ0v) is 11.1. The summed E-state index contributed by atoms with van der Waals surface area (Å²) in [5.41, 5.74) is 4.62. The summed E-state index contributed by atoms with van der Waals surface area (Å²) in [6.45, 7) is 5.93. The van der Waals surface area contributed by atoms with Crippen molar-refractivity contribution >= 4 is 0 Å². The minimum atomic E-state index is 0.808. The van der Waals surface area contributed by atoms with Crippen LogP contribution in [0.1, 0.15) is 42.9 Å². The van der Waals surface area contributed by atoms with Gasteiger partial charge in [-0.2, -0.15) is 0 Å². The minimum Gasteiger partial charge on any atom is -0.297 e. The number of rotatable bonds is 1. The van der Waals surface area contributed by atoms with Crippen molar-refractivity contribution in [2.75, 3.05) is 6.54 Å². The Balaban J connectivity index is 1.78. The monoisotopic (exact) mass is 229 g/mol. The molecule has 0 radical (unpaired) electrons. The average Bonchev–Trinajstić information content (AvgIpc) is 2.75. The predicted octanol–water partition coefficient (Wildman–Crippen LogP) is 3.34. The van der Waals surface area contributed by atoms with E-state index >= 15 is 0 Å². The van der Waals surface area contributed by atoms with Gasteiger partial charge >= 0.3 is 0 Å². The highest BCUT2D eigenvalue weighted by Crippen LogP contribution is 2.29. The van der Waals surface area contributed by atoms with Gasteiger partial charge in [0.1, 0.15) is 0 Å². The van der Waals surface area contributed by atoms with Crippen LogP contribution in [-0.4, -0.2) is 23.5 Å². The van der Waals surface area contributed by atoms with Crippen molar-refractivity contribution in [3.8, 4) is 0 Å². The van der Waals surface area contributed by atoms with Crippen LogP contribution in [0.25, 0.3) is 0 Å². The van der Waals surface area contributed by atoms with Gasteiger partial charge in [-0.15, -0.1) is 0 Å². The summed E-state index contributed by atoms with van der Waals surface area (Å²) in [4.78, 5) is 2.75. The van der Waals surface area contributed by atoms with Crippen LogP contribution < -0.4 is 0 Å². The molecule has 17 heavy (non-hydrogen) atoms. The maximum atomic E-state index is 2.75. The van der Waals surface area contributed by atoms with Crippen LogP contribution in [0.3, 0.4) is 0 Å². The number of hydrogen-bond acceptors (Lipinski definition) is 1. The van der Waals surface area contributed by atoms with E-state index in [1.807, 2.05) is 0 Å². The lowest BCUT2D eigenvalue weighted by Crippen LogP contribution is -2.41. The lowest BCUT2D eigenvalue weighted by Gasteiger charge is -2.35. The van der Waals surface area contributed by atoms with E-state index in [0.717, 1.165) is 12.1 Å². The minimum absolute atomic E-state index is 0.808. The quantitative estimate of drug-likeness (QED) is 0.714. The standard InChI is InChI=1S/C16H23N/c1-12-5-6-15-11-16(8-7-14(15)10-12)17-9-3-4-13(17)2/h5-6,10,13,16H,3-4,7-9,11H2,1-2H3. The van der Waals surface area contributed by atoms with Gasteiger partial charge < -0.3 is 0 Å². The predicted molar refractivity (Wildman–Crippen MR) is 72.4 cm³/mol. The van der Waals surface area contributed by atoms with E-state index in [0.29, 0.717) is 0 Å². The third-order valence-electron chi connectivity index (χ3n) is 4.64. The third-order valence-corrected chi connectivity index (χ3v) is 4.64. The maximum Gasteiger partial charge on any atom is 0.0142 e. The molecule has 2 aliphatic rings. The van der Waals surface area contributed by atoms with Gasteiger partial charge in [-0.3, -0.25) is 4.90 Å². The van der Waals surface area contributed by atoms with Crippen molar-refractivity contribution in [2.45, 2.75) is 58.0 Å². The summed E-state index contributed by atoms with van der Waals surface area (Å²) in [7, 11) is 0. The first-order valence-electron chi connectivity index (χ1n) is 7.08. The highest BCUT2D eigenvalue weighted by molar-refractivity contribution is 5.34. The van der Waals surface area contributed by atoms with Gasteiger partial charge in [0.2, 0.25) is 0 Å². The van der Waals surface area contributed by atoms with Crippen molar-refractivity contribution in [2.24, 2.45) is 0 Å². The van der Waals surface area contributed by atoms with E-state index in [1.54, 1.807) is 11.1 Å². The Morgan fingerprint density at radius 1 is 1.18 bits per heavy atom. The Bertz CT molecular complexity index is 410. The summed E-state index contributed by atoms with van der Waals surface area (Å²) in [5, 5.41) is 0. The van der Waals surface area contributed by atoms with Gasteiger partial charge in [0, 0.05) is 12.1 Å². The molecule has 1 aliphatic heterocycles. The van der Waals surface area contributed by atoms with Crippen molar-refractivity contribution in [1.82, 2.24) is 4.90 Å². The van der Waals surface area contributed by atoms with E-state index in [9.17, 15) is 0 Å². The van der Waals surface area contributed by atoms with Crippen molar-refractivity contribution < 1.29 is 0 Å². The highest BCUT2D eigenvalue weighted by Gasteiger charge is 2.30. The third kappa shape index (κ3) is 2.13. The van der Waals surface area contributed by atoms with Crippen molar-refractivity contribution in [3.63, 3.8) is 0 Å². The molecule has 2 unspecified atom stereocenters. The van der Waals surface area contributed by atoms with Crippen molar-refractivity contribution in [1.29, 1.82) is 0 Å².